The van der Waals surface area contributed by atoms with Gasteiger partial charge in [0.15, 0.2) is 0 Å². The zero-order valence-electron chi connectivity index (χ0n) is 8.78. The van der Waals surface area contributed by atoms with Gasteiger partial charge in [-0.15, -0.1) is 0 Å². The van der Waals surface area contributed by atoms with E-state index in [2.05, 4.69) is 21.2 Å². The lowest BCUT2D eigenvalue weighted by molar-refractivity contribution is -0.385. The molecule has 0 saturated carbocycles. The third-order valence-corrected chi connectivity index (χ3v) is 2.76. The highest BCUT2D eigenvalue weighted by molar-refractivity contribution is 9.10. The van der Waals surface area contributed by atoms with Crippen molar-refractivity contribution in [3.8, 4) is 0 Å². The van der Waals surface area contributed by atoms with E-state index in [-0.39, 0.29) is 5.69 Å². The van der Waals surface area contributed by atoms with Crippen molar-refractivity contribution in [2.75, 3.05) is 13.1 Å². The van der Waals surface area contributed by atoms with Gasteiger partial charge in [-0.2, -0.15) is 0 Å². The molecule has 0 atom stereocenters. The van der Waals surface area contributed by atoms with Gasteiger partial charge in [-0.1, -0.05) is 6.07 Å². The van der Waals surface area contributed by atoms with E-state index in [1.54, 1.807) is 12.1 Å². The Bertz CT molecular complexity index is 371. The summed E-state index contributed by atoms with van der Waals surface area (Å²) in [5, 5.41) is 13.9. The van der Waals surface area contributed by atoms with Gasteiger partial charge in [0.25, 0.3) is 5.69 Å². The van der Waals surface area contributed by atoms with Gasteiger partial charge < -0.3 is 11.1 Å². The second kappa shape index (κ2) is 6.57. The molecule has 3 N–H and O–H groups in total. The highest BCUT2D eigenvalue weighted by Crippen LogP contribution is 2.25. The minimum absolute atomic E-state index is 0.0955. The summed E-state index contributed by atoms with van der Waals surface area (Å²) >= 11 is 3.15. The van der Waals surface area contributed by atoms with E-state index in [1.807, 2.05) is 6.07 Å². The maximum absolute atomic E-state index is 10.7. The largest absolute Gasteiger partial charge is 0.330 e. The van der Waals surface area contributed by atoms with Crippen LogP contribution in [0.1, 0.15) is 12.0 Å². The van der Waals surface area contributed by atoms with Crippen LogP contribution in [0.5, 0.6) is 0 Å². The minimum atomic E-state index is -0.395. The summed E-state index contributed by atoms with van der Waals surface area (Å²) in [6.45, 7) is 2.09. The number of nitrogens with two attached hydrogens (primary N) is 1. The molecule has 6 heteroatoms. The Morgan fingerprint density at radius 2 is 2.25 bits per heavy atom. The van der Waals surface area contributed by atoms with Crippen LogP contribution >= 0.6 is 15.9 Å². The van der Waals surface area contributed by atoms with E-state index in [1.165, 1.54) is 0 Å². The molecule has 0 spiro atoms. The molecule has 0 fully saturated rings. The number of hydrogen-bond acceptors (Lipinski definition) is 4. The lowest BCUT2D eigenvalue weighted by Crippen LogP contribution is -2.17. The van der Waals surface area contributed by atoms with Crippen LogP contribution in [-0.4, -0.2) is 18.0 Å². The molecule has 0 heterocycles. The molecule has 0 amide bonds. The van der Waals surface area contributed by atoms with E-state index < -0.39 is 4.92 Å². The predicted octanol–water partition coefficient (Wildman–Crippen LogP) is 1.80. The van der Waals surface area contributed by atoms with Crippen molar-refractivity contribution >= 4 is 21.6 Å². The Morgan fingerprint density at radius 1 is 1.50 bits per heavy atom. The first-order valence-electron chi connectivity index (χ1n) is 4.98. The number of halogens is 1. The topological polar surface area (TPSA) is 81.2 Å². The predicted molar refractivity (Wildman–Crippen MR) is 66.2 cm³/mol. The van der Waals surface area contributed by atoms with Crippen LogP contribution < -0.4 is 11.1 Å². The van der Waals surface area contributed by atoms with Gasteiger partial charge in [-0.25, -0.2) is 0 Å². The third kappa shape index (κ3) is 3.88. The normalized spacial score (nSPS) is 10.4. The summed E-state index contributed by atoms with van der Waals surface area (Å²) in [5.74, 6) is 0. The van der Waals surface area contributed by atoms with Gasteiger partial charge in [-0.3, -0.25) is 10.1 Å². The van der Waals surface area contributed by atoms with E-state index in [4.69, 9.17) is 5.73 Å². The molecule has 0 radical (unpaired) electrons. The smallest absolute Gasteiger partial charge is 0.283 e. The molecule has 16 heavy (non-hydrogen) atoms. The Hall–Kier alpha value is -0.980. The van der Waals surface area contributed by atoms with Crippen LogP contribution in [-0.2, 0) is 6.54 Å². The van der Waals surface area contributed by atoms with Gasteiger partial charge in [0.1, 0.15) is 0 Å². The molecule has 0 aromatic heterocycles. The molecule has 1 aromatic rings. The average molecular weight is 288 g/mol. The number of nitrogens with one attached hydrogen (secondary N) is 1. The number of nitrogens with zero attached hydrogens (tertiary/aromatic N) is 1. The van der Waals surface area contributed by atoms with Crippen molar-refractivity contribution in [1.29, 1.82) is 0 Å². The monoisotopic (exact) mass is 287 g/mol. The van der Waals surface area contributed by atoms with Crippen LogP contribution in [0.2, 0.25) is 0 Å². The fourth-order valence-corrected chi connectivity index (χ4v) is 1.66. The molecule has 0 aliphatic heterocycles. The van der Waals surface area contributed by atoms with E-state index in [0.29, 0.717) is 17.6 Å². The highest BCUT2D eigenvalue weighted by Gasteiger charge is 2.11. The summed E-state index contributed by atoms with van der Waals surface area (Å²) in [6.07, 6.45) is 0.901. The van der Waals surface area contributed by atoms with Crippen molar-refractivity contribution in [3.05, 3.63) is 38.3 Å². The third-order valence-electron chi connectivity index (χ3n) is 2.09. The van der Waals surface area contributed by atoms with Crippen molar-refractivity contribution in [2.24, 2.45) is 5.73 Å². The Labute approximate surface area is 102 Å². The summed E-state index contributed by atoms with van der Waals surface area (Å²) in [4.78, 5) is 10.3. The molecule has 0 saturated heterocycles. The van der Waals surface area contributed by atoms with Crippen molar-refractivity contribution in [1.82, 2.24) is 5.32 Å². The first-order valence-corrected chi connectivity index (χ1v) is 5.78. The molecule has 0 unspecified atom stereocenters. The zero-order chi connectivity index (χ0) is 12.0. The number of benzene rings is 1. The summed E-state index contributed by atoms with van der Waals surface area (Å²) in [6, 6.07) is 5.12. The van der Waals surface area contributed by atoms with Crippen LogP contribution in [0, 0.1) is 10.1 Å². The first-order chi connectivity index (χ1) is 7.65. The van der Waals surface area contributed by atoms with Crippen molar-refractivity contribution in [3.63, 3.8) is 0 Å². The van der Waals surface area contributed by atoms with Crippen molar-refractivity contribution in [2.45, 2.75) is 13.0 Å². The van der Waals surface area contributed by atoms with Crippen LogP contribution in [0.3, 0.4) is 0 Å². The zero-order valence-corrected chi connectivity index (χ0v) is 10.4. The molecule has 0 bridgehead atoms. The maximum Gasteiger partial charge on any atom is 0.283 e. The lowest BCUT2D eigenvalue weighted by atomic mass is 10.2. The van der Waals surface area contributed by atoms with Crippen LogP contribution in [0.15, 0.2) is 22.7 Å². The number of nitro benzene ring substituents is 1. The second-order valence-corrected chi connectivity index (χ2v) is 4.22. The fourth-order valence-electron chi connectivity index (χ4n) is 1.27. The quantitative estimate of drug-likeness (QED) is 0.475. The Balaban J connectivity index is 2.61. The number of hydrogen-bond donors (Lipinski definition) is 2. The first kappa shape index (κ1) is 13.1. The van der Waals surface area contributed by atoms with Gasteiger partial charge in [0, 0.05) is 12.6 Å². The van der Waals surface area contributed by atoms with Gasteiger partial charge in [0.05, 0.1) is 9.40 Å². The van der Waals surface area contributed by atoms with Gasteiger partial charge >= 0.3 is 0 Å². The molecule has 0 aliphatic carbocycles. The molecular formula is C10H14BrN3O2. The Kier molecular flexibility index (Phi) is 5.37. The average Bonchev–Trinajstić information content (AvgIpc) is 2.26. The Morgan fingerprint density at radius 3 is 2.88 bits per heavy atom. The fraction of sp³-hybridized carbons (Fsp3) is 0.400. The summed E-state index contributed by atoms with van der Waals surface area (Å²) in [7, 11) is 0. The second-order valence-electron chi connectivity index (χ2n) is 3.36. The molecule has 0 aliphatic rings. The molecular weight excluding hydrogens is 274 g/mol. The van der Waals surface area contributed by atoms with E-state index in [0.717, 1.165) is 18.5 Å². The number of rotatable bonds is 6. The van der Waals surface area contributed by atoms with Gasteiger partial charge in [-0.05, 0) is 47.1 Å². The molecule has 5 nitrogen and oxygen atoms in total. The van der Waals surface area contributed by atoms with Crippen LogP contribution in [0.4, 0.5) is 5.69 Å². The summed E-state index contributed by atoms with van der Waals surface area (Å²) in [5.41, 5.74) is 6.35. The van der Waals surface area contributed by atoms with Gasteiger partial charge in [0.2, 0.25) is 0 Å². The van der Waals surface area contributed by atoms with E-state index >= 15 is 0 Å². The summed E-state index contributed by atoms with van der Waals surface area (Å²) < 4.78 is 0.503. The standard InChI is InChI=1S/C10H14BrN3O2/c11-9-3-2-8(6-10(9)14(15)16)7-13-5-1-4-12/h2-3,6,13H,1,4-5,7,12H2. The van der Waals surface area contributed by atoms with Crippen molar-refractivity contribution < 1.29 is 4.92 Å². The molecule has 1 rings (SSSR count). The SMILES string of the molecule is NCCCNCc1ccc(Br)c([N+](=O)[O-])c1. The molecule has 88 valence electrons. The lowest BCUT2D eigenvalue weighted by Gasteiger charge is -2.04. The maximum atomic E-state index is 10.7. The minimum Gasteiger partial charge on any atom is -0.330 e. The van der Waals surface area contributed by atoms with E-state index in [9.17, 15) is 10.1 Å². The highest BCUT2D eigenvalue weighted by atomic mass is 79.9. The molecule has 1 aromatic carbocycles. The number of nitro groups is 1. The van der Waals surface area contributed by atoms with Crippen LogP contribution in [0.25, 0.3) is 0 Å².